The van der Waals surface area contributed by atoms with E-state index in [4.69, 9.17) is 10.6 Å². The molecule has 0 unspecified atom stereocenters. The van der Waals surface area contributed by atoms with Crippen molar-refractivity contribution in [3.63, 3.8) is 0 Å². The number of thioether (sulfide) groups is 2. The summed E-state index contributed by atoms with van der Waals surface area (Å²) < 4.78 is 1.30. The molecule has 258 valence electrons. The van der Waals surface area contributed by atoms with Gasteiger partial charge in [0, 0.05) is 23.0 Å². The maximum Gasteiger partial charge on any atom is 0.354 e. The van der Waals surface area contributed by atoms with Gasteiger partial charge in [-0.05, 0) is 17.7 Å². The molecule has 4 aromatic rings. The zero-order valence-corrected chi connectivity index (χ0v) is 27.2. The molecule has 20 nitrogen and oxygen atoms in total. The molecule has 1 aromatic carbocycles. The molecular formula is C27H21N9O11S3. The number of nitrogens with one attached hydrogen (secondary N) is 1. The largest absolute Gasteiger partial charge is 0.504 e. The van der Waals surface area contributed by atoms with E-state index in [2.05, 4.69) is 30.8 Å². The van der Waals surface area contributed by atoms with Gasteiger partial charge in [0.05, 0.1) is 17.3 Å². The average Bonchev–Trinajstić information content (AvgIpc) is 3.74. The van der Waals surface area contributed by atoms with Crippen LogP contribution in [0.15, 0.2) is 51.2 Å². The van der Waals surface area contributed by atoms with E-state index in [1.165, 1.54) is 33.9 Å². The van der Waals surface area contributed by atoms with E-state index in [9.17, 15) is 49.5 Å². The van der Waals surface area contributed by atoms with E-state index < -0.39 is 70.5 Å². The van der Waals surface area contributed by atoms with Gasteiger partial charge in [-0.3, -0.25) is 14.5 Å². The van der Waals surface area contributed by atoms with Gasteiger partial charge < -0.3 is 41.4 Å². The van der Waals surface area contributed by atoms with E-state index in [-0.39, 0.29) is 44.9 Å². The number of carboxylic acid groups (broad SMARTS) is 3. The van der Waals surface area contributed by atoms with Gasteiger partial charge in [-0.1, -0.05) is 10.4 Å². The number of carboxylic acids is 3. The third-order valence-electron chi connectivity index (χ3n) is 7.22. The summed E-state index contributed by atoms with van der Waals surface area (Å²) in [5, 5.41) is 63.8. The number of aromatic nitrogens is 5. The summed E-state index contributed by atoms with van der Waals surface area (Å²) in [6, 6.07) is 2.09. The van der Waals surface area contributed by atoms with Crippen molar-refractivity contribution in [3.05, 3.63) is 63.6 Å². The summed E-state index contributed by atoms with van der Waals surface area (Å²) in [4.78, 5) is 76.6. The normalized spacial score (nSPS) is 17.3. The van der Waals surface area contributed by atoms with Crippen molar-refractivity contribution in [2.75, 3.05) is 17.2 Å². The second-order valence-electron chi connectivity index (χ2n) is 10.2. The number of amides is 2. The Labute approximate surface area is 290 Å². The number of benzene rings is 1. The predicted molar refractivity (Wildman–Crippen MR) is 173 cm³/mol. The van der Waals surface area contributed by atoms with E-state index in [1.807, 2.05) is 0 Å². The summed E-state index contributed by atoms with van der Waals surface area (Å²) in [6.45, 7) is -0.694. The molecule has 0 spiro atoms. The molecule has 2 aliphatic heterocycles. The number of oxime groups is 1. The maximum absolute atomic E-state index is 13.5. The highest BCUT2D eigenvalue weighted by molar-refractivity contribution is 8.01. The van der Waals surface area contributed by atoms with Crippen LogP contribution in [0.4, 0.5) is 5.13 Å². The lowest BCUT2D eigenvalue weighted by atomic mass is 10.0. The van der Waals surface area contributed by atoms with Gasteiger partial charge in [-0.15, -0.1) is 40.0 Å². The lowest BCUT2D eigenvalue weighted by Crippen LogP contribution is -2.71. The second kappa shape index (κ2) is 13.5. The van der Waals surface area contributed by atoms with Gasteiger partial charge in [0.15, 0.2) is 33.7 Å². The van der Waals surface area contributed by atoms with Crippen LogP contribution in [0.1, 0.15) is 32.1 Å². The molecular weight excluding hydrogens is 723 g/mol. The van der Waals surface area contributed by atoms with Crippen LogP contribution in [-0.4, -0.2) is 114 Å². The Bertz CT molecular complexity index is 2170. The zero-order valence-electron chi connectivity index (χ0n) is 24.8. The zero-order chi connectivity index (χ0) is 35.9. The molecule has 0 radical (unpaired) electrons. The Balaban J connectivity index is 1.20. The van der Waals surface area contributed by atoms with Gasteiger partial charge in [0.1, 0.15) is 34.4 Å². The summed E-state index contributed by atoms with van der Waals surface area (Å²) in [6.07, 6.45) is 1.27. The summed E-state index contributed by atoms with van der Waals surface area (Å²) in [5.41, 5.74) is 4.45. The Kier molecular flexibility index (Phi) is 9.18. The van der Waals surface area contributed by atoms with Crippen molar-refractivity contribution in [1.82, 2.24) is 35.0 Å². The van der Waals surface area contributed by atoms with E-state index in [0.717, 1.165) is 40.1 Å². The van der Waals surface area contributed by atoms with Crippen molar-refractivity contribution in [2.45, 2.75) is 23.0 Å². The highest BCUT2D eigenvalue weighted by atomic mass is 32.2. The highest BCUT2D eigenvalue weighted by Gasteiger charge is 2.54. The molecule has 0 saturated carbocycles. The number of fused-ring (bicyclic) bond motifs is 2. The van der Waals surface area contributed by atoms with Crippen molar-refractivity contribution in [3.8, 4) is 11.5 Å². The first-order valence-corrected chi connectivity index (χ1v) is 16.7. The number of β-lactam (4-membered cyclic amide) rings is 1. The summed E-state index contributed by atoms with van der Waals surface area (Å²) in [5.74, 6) is -7.00. The fourth-order valence-corrected chi connectivity index (χ4v) is 7.94. The third-order valence-corrected chi connectivity index (χ3v) is 10.3. The quantitative estimate of drug-likeness (QED) is 0.0258. The first kappa shape index (κ1) is 33.9. The molecule has 50 heavy (non-hydrogen) atoms. The number of hydrogen-bond donors (Lipinski definition) is 7. The number of nitrogens with two attached hydrogens (primary N) is 1. The first-order valence-electron chi connectivity index (χ1n) is 13.8. The van der Waals surface area contributed by atoms with Crippen LogP contribution in [0.25, 0.3) is 5.65 Å². The van der Waals surface area contributed by atoms with Crippen molar-refractivity contribution < 1.29 is 54.3 Å². The fourth-order valence-electron chi connectivity index (χ4n) is 4.91. The van der Waals surface area contributed by atoms with Gasteiger partial charge in [0.2, 0.25) is 0 Å². The third kappa shape index (κ3) is 6.30. The van der Waals surface area contributed by atoms with Crippen molar-refractivity contribution >= 4 is 81.1 Å². The number of nitrogen functional groups attached to an aromatic ring is 1. The minimum atomic E-state index is -1.43. The number of thiazole rings is 1. The van der Waals surface area contributed by atoms with Gasteiger partial charge in [-0.25, -0.2) is 24.4 Å². The molecule has 0 aliphatic carbocycles. The number of anilines is 1. The van der Waals surface area contributed by atoms with Gasteiger partial charge >= 0.3 is 17.9 Å². The van der Waals surface area contributed by atoms with Gasteiger partial charge in [-0.2, -0.15) is 4.52 Å². The van der Waals surface area contributed by atoms with Crippen LogP contribution in [-0.2, 0) is 25.8 Å². The maximum atomic E-state index is 13.5. The van der Waals surface area contributed by atoms with Crippen LogP contribution in [0, 0.1) is 0 Å². The fraction of sp³-hybridized carbons (Fsp3) is 0.185. The molecule has 2 atom stereocenters. The molecule has 1 saturated heterocycles. The SMILES string of the molecule is Nc1nc(C(=NOCc2c(C(=O)O)ccc(O)c2O)C(=O)N[C@@H]2C(=O)N3C(C(=O)O)=C(CSc4cc(C(=O)O)nc5cnnn45)CS[C@H]23)cs1. The standard InChI is InChI=1S/C27H21N9O11S3/c28-27-31-13(8-50-27)17(33-47-5-11-10(24(41)42)1-2-14(37)20(11)38)21(39)32-18-22(40)35-19(26(45)46)9(7-49-23(18)35)6-48-16-3-12(25(43)44)30-15-4-29-34-36(15)16/h1-4,8,18,23,37-38H,5-7H2,(H2,28,31)(H,32,39)(H,41,42)(H,43,44)(H,45,46)/t18-,23-/m1/s1. The molecule has 8 N–H and O–H groups in total. The number of carbonyl (C=O) groups excluding carboxylic acids is 2. The minimum Gasteiger partial charge on any atom is -0.504 e. The number of rotatable bonds is 12. The highest BCUT2D eigenvalue weighted by Crippen LogP contribution is 2.42. The summed E-state index contributed by atoms with van der Waals surface area (Å²) >= 11 is 3.22. The smallest absolute Gasteiger partial charge is 0.354 e. The average molecular weight is 744 g/mol. The Morgan fingerprint density at radius 2 is 1.88 bits per heavy atom. The minimum absolute atomic E-state index is 0.0396. The van der Waals surface area contributed by atoms with Gasteiger partial charge in [0.25, 0.3) is 11.8 Å². The molecule has 6 rings (SSSR count). The Hall–Kier alpha value is -5.94. The molecule has 5 heterocycles. The van der Waals surface area contributed by atoms with E-state index in [0.29, 0.717) is 10.6 Å². The van der Waals surface area contributed by atoms with Crippen LogP contribution >= 0.6 is 34.9 Å². The van der Waals surface area contributed by atoms with E-state index >= 15 is 0 Å². The number of phenols is 2. The summed E-state index contributed by atoms with van der Waals surface area (Å²) in [7, 11) is 0. The number of nitrogens with zero attached hydrogens (tertiary/aromatic N) is 7. The molecule has 0 bridgehead atoms. The van der Waals surface area contributed by atoms with Crippen molar-refractivity contribution in [2.24, 2.45) is 5.16 Å². The number of aliphatic carboxylic acids is 1. The number of hydrogen-bond acceptors (Lipinski definition) is 17. The van der Waals surface area contributed by atoms with Crippen LogP contribution < -0.4 is 11.1 Å². The first-order chi connectivity index (χ1) is 23.8. The monoisotopic (exact) mass is 743 g/mol. The molecule has 1 fully saturated rings. The Morgan fingerprint density at radius 3 is 2.56 bits per heavy atom. The molecule has 2 aliphatic rings. The number of aromatic carboxylic acids is 2. The molecule has 3 aromatic heterocycles. The second-order valence-corrected chi connectivity index (χ2v) is 13.2. The lowest BCUT2D eigenvalue weighted by Gasteiger charge is -2.49. The lowest BCUT2D eigenvalue weighted by molar-refractivity contribution is -0.150. The van der Waals surface area contributed by atoms with E-state index in [1.54, 1.807) is 0 Å². The van der Waals surface area contributed by atoms with Crippen LogP contribution in [0.2, 0.25) is 0 Å². The van der Waals surface area contributed by atoms with Crippen molar-refractivity contribution in [1.29, 1.82) is 0 Å². The molecule has 2 amide bonds. The number of phenolic OH excluding ortho intramolecular Hbond substituents is 2. The Morgan fingerprint density at radius 1 is 1.10 bits per heavy atom. The predicted octanol–water partition coefficient (Wildman–Crippen LogP) is 0.422. The number of carbonyl (C=O) groups is 5. The van der Waals surface area contributed by atoms with Crippen LogP contribution in [0.5, 0.6) is 11.5 Å². The topological polar surface area (TPSA) is 305 Å². The molecule has 23 heteroatoms. The number of aromatic hydroxyl groups is 2. The van der Waals surface area contributed by atoms with Crippen LogP contribution in [0.3, 0.4) is 0 Å².